The van der Waals surface area contributed by atoms with Crippen LogP contribution in [0.3, 0.4) is 0 Å². The molecule has 2 rings (SSSR count). The van der Waals surface area contributed by atoms with Gasteiger partial charge in [0.25, 0.3) is 0 Å². The summed E-state index contributed by atoms with van der Waals surface area (Å²) in [5, 5.41) is 14.2. The van der Waals surface area contributed by atoms with E-state index in [4.69, 9.17) is 16.3 Å². The van der Waals surface area contributed by atoms with E-state index in [0.717, 1.165) is 25.7 Å². The molecule has 1 aliphatic carbocycles. The van der Waals surface area contributed by atoms with E-state index in [-0.39, 0.29) is 0 Å². The average Bonchev–Trinajstić information content (AvgIpc) is 2.41. The number of aromatic nitrogens is 2. The standard InChI is InChI=1S/C15H24ClN3O2/c1-14(2)4-6-15(20,7-5-14)10-17-12-8-11(16)18-13(19-12)9-21-3/h8,20H,4-7,9-10H2,1-3H3,(H,17,18,19). The molecule has 0 atom stereocenters. The molecule has 118 valence electrons. The average molecular weight is 314 g/mol. The summed E-state index contributed by atoms with van der Waals surface area (Å²) in [5.41, 5.74) is -0.343. The Labute approximate surface area is 131 Å². The summed E-state index contributed by atoms with van der Waals surface area (Å²) in [5.74, 6) is 1.16. The highest BCUT2D eigenvalue weighted by Crippen LogP contribution is 2.40. The van der Waals surface area contributed by atoms with Crippen molar-refractivity contribution in [3.63, 3.8) is 0 Å². The number of methoxy groups -OCH3 is 1. The van der Waals surface area contributed by atoms with Gasteiger partial charge in [-0.25, -0.2) is 9.97 Å². The molecular weight excluding hydrogens is 290 g/mol. The van der Waals surface area contributed by atoms with Gasteiger partial charge >= 0.3 is 0 Å². The van der Waals surface area contributed by atoms with Crippen LogP contribution in [0.5, 0.6) is 0 Å². The number of ether oxygens (including phenoxy) is 1. The maximum atomic E-state index is 10.6. The minimum absolute atomic E-state index is 0.313. The minimum Gasteiger partial charge on any atom is -0.388 e. The van der Waals surface area contributed by atoms with E-state index < -0.39 is 5.60 Å². The van der Waals surface area contributed by atoms with Crippen LogP contribution in [-0.4, -0.2) is 34.3 Å². The fraction of sp³-hybridized carbons (Fsp3) is 0.733. The van der Waals surface area contributed by atoms with E-state index in [0.29, 0.717) is 35.4 Å². The van der Waals surface area contributed by atoms with Crippen molar-refractivity contribution in [1.82, 2.24) is 9.97 Å². The molecule has 0 spiro atoms. The smallest absolute Gasteiger partial charge is 0.158 e. The Hall–Kier alpha value is -0.910. The number of rotatable bonds is 5. The van der Waals surface area contributed by atoms with Gasteiger partial charge in [-0.05, 0) is 31.1 Å². The lowest BCUT2D eigenvalue weighted by Crippen LogP contribution is -2.42. The van der Waals surface area contributed by atoms with Gasteiger partial charge in [0.1, 0.15) is 17.6 Å². The maximum Gasteiger partial charge on any atom is 0.158 e. The quantitative estimate of drug-likeness (QED) is 0.818. The molecule has 0 saturated heterocycles. The van der Waals surface area contributed by atoms with Crippen molar-refractivity contribution in [1.29, 1.82) is 0 Å². The number of hydrogen-bond acceptors (Lipinski definition) is 5. The second kappa shape index (κ2) is 6.46. The van der Waals surface area contributed by atoms with Gasteiger partial charge in [-0.2, -0.15) is 0 Å². The van der Waals surface area contributed by atoms with Gasteiger partial charge in [0.05, 0.1) is 5.60 Å². The molecule has 1 heterocycles. The number of nitrogens with zero attached hydrogens (tertiary/aromatic N) is 2. The highest BCUT2D eigenvalue weighted by Gasteiger charge is 2.36. The van der Waals surface area contributed by atoms with Crippen molar-refractivity contribution in [3.05, 3.63) is 17.0 Å². The van der Waals surface area contributed by atoms with Crippen molar-refractivity contribution in [2.45, 2.75) is 51.7 Å². The summed E-state index contributed by atoms with van der Waals surface area (Å²) in [7, 11) is 1.59. The van der Waals surface area contributed by atoms with Crippen molar-refractivity contribution in [2.24, 2.45) is 5.41 Å². The van der Waals surface area contributed by atoms with Crippen LogP contribution in [-0.2, 0) is 11.3 Å². The van der Waals surface area contributed by atoms with Crippen LogP contribution in [0.2, 0.25) is 5.15 Å². The number of hydrogen-bond donors (Lipinski definition) is 2. The third kappa shape index (κ3) is 4.80. The molecule has 0 unspecified atom stereocenters. The third-order valence-corrected chi connectivity index (χ3v) is 4.34. The van der Waals surface area contributed by atoms with Gasteiger partial charge in [-0.3, -0.25) is 0 Å². The molecule has 0 aromatic carbocycles. The van der Waals surface area contributed by atoms with Crippen molar-refractivity contribution in [2.75, 3.05) is 19.0 Å². The van der Waals surface area contributed by atoms with Crippen LogP contribution >= 0.6 is 11.6 Å². The Balaban J connectivity index is 1.96. The molecule has 0 bridgehead atoms. The van der Waals surface area contributed by atoms with Crippen LogP contribution in [0.1, 0.15) is 45.4 Å². The number of halogens is 1. The predicted molar refractivity (Wildman–Crippen MR) is 83.4 cm³/mol. The third-order valence-electron chi connectivity index (χ3n) is 4.15. The molecule has 21 heavy (non-hydrogen) atoms. The lowest BCUT2D eigenvalue weighted by atomic mass is 9.71. The molecule has 1 aromatic rings. The fourth-order valence-corrected chi connectivity index (χ4v) is 2.77. The number of anilines is 1. The van der Waals surface area contributed by atoms with Gasteiger partial charge in [0, 0.05) is 19.7 Å². The first kappa shape index (κ1) is 16.5. The molecule has 1 saturated carbocycles. The lowest BCUT2D eigenvalue weighted by molar-refractivity contribution is -0.0146. The van der Waals surface area contributed by atoms with Crippen LogP contribution < -0.4 is 5.32 Å². The molecule has 0 amide bonds. The zero-order chi connectivity index (χ0) is 15.5. The molecule has 1 aliphatic rings. The van der Waals surface area contributed by atoms with Crippen LogP contribution in [0.25, 0.3) is 0 Å². The second-order valence-electron chi connectivity index (χ2n) is 6.67. The summed E-state index contributed by atoms with van der Waals surface area (Å²) >= 11 is 5.97. The van der Waals surface area contributed by atoms with Crippen molar-refractivity contribution in [3.8, 4) is 0 Å². The molecule has 0 aliphatic heterocycles. The second-order valence-corrected chi connectivity index (χ2v) is 7.05. The Bertz CT molecular complexity index is 484. The highest BCUT2D eigenvalue weighted by atomic mass is 35.5. The lowest BCUT2D eigenvalue weighted by Gasteiger charge is -2.40. The SMILES string of the molecule is COCc1nc(Cl)cc(NCC2(O)CCC(C)(C)CC2)n1. The fourth-order valence-electron chi connectivity index (χ4n) is 2.57. The summed E-state index contributed by atoms with van der Waals surface area (Å²) in [6.45, 7) is 5.29. The summed E-state index contributed by atoms with van der Waals surface area (Å²) < 4.78 is 5.01. The Kier molecular flexibility index (Phi) is 5.07. The van der Waals surface area contributed by atoms with E-state index in [9.17, 15) is 5.11 Å². The predicted octanol–water partition coefficient (Wildman–Crippen LogP) is 3.02. The van der Waals surface area contributed by atoms with E-state index >= 15 is 0 Å². The monoisotopic (exact) mass is 313 g/mol. The van der Waals surface area contributed by atoms with Crippen LogP contribution in [0.15, 0.2) is 6.07 Å². The van der Waals surface area contributed by atoms with Crippen molar-refractivity contribution >= 4 is 17.4 Å². The first-order valence-corrected chi connectivity index (χ1v) is 7.68. The summed E-state index contributed by atoms with van der Waals surface area (Å²) in [6.07, 6.45) is 3.67. The van der Waals surface area contributed by atoms with Gasteiger partial charge in [0.15, 0.2) is 5.82 Å². The molecule has 2 N–H and O–H groups in total. The zero-order valence-electron chi connectivity index (χ0n) is 12.9. The Morgan fingerprint density at radius 3 is 2.57 bits per heavy atom. The largest absolute Gasteiger partial charge is 0.388 e. The van der Waals surface area contributed by atoms with E-state index in [2.05, 4.69) is 29.1 Å². The first-order valence-electron chi connectivity index (χ1n) is 7.31. The van der Waals surface area contributed by atoms with E-state index in [1.165, 1.54) is 0 Å². The summed E-state index contributed by atoms with van der Waals surface area (Å²) in [6, 6.07) is 1.66. The van der Waals surface area contributed by atoms with Crippen molar-refractivity contribution < 1.29 is 9.84 Å². The van der Waals surface area contributed by atoms with Gasteiger partial charge in [-0.15, -0.1) is 0 Å². The topological polar surface area (TPSA) is 67.3 Å². The first-order chi connectivity index (χ1) is 9.82. The highest BCUT2D eigenvalue weighted by molar-refractivity contribution is 6.29. The Morgan fingerprint density at radius 2 is 1.95 bits per heavy atom. The molecule has 0 radical (unpaired) electrons. The molecule has 5 nitrogen and oxygen atoms in total. The van der Waals surface area contributed by atoms with Crippen LogP contribution in [0, 0.1) is 5.41 Å². The summed E-state index contributed by atoms with van der Waals surface area (Å²) in [4.78, 5) is 8.41. The zero-order valence-corrected chi connectivity index (χ0v) is 13.7. The van der Waals surface area contributed by atoms with E-state index in [1.807, 2.05) is 0 Å². The minimum atomic E-state index is -0.672. The van der Waals surface area contributed by atoms with Gasteiger partial charge < -0.3 is 15.2 Å². The molecule has 1 fully saturated rings. The molecular formula is C15H24ClN3O2. The normalized spacial score (nSPS) is 20.2. The van der Waals surface area contributed by atoms with Gasteiger partial charge in [-0.1, -0.05) is 25.4 Å². The maximum absolute atomic E-state index is 10.6. The number of aliphatic hydroxyl groups is 1. The number of nitrogens with one attached hydrogen (secondary N) is 1. The van der Waals surface area contributed by atoms with Crippen LogP contribution in [0.4, 0.5) is 5.82 Å². The Morgan fingerprint density at radius 1 is 1.29 bits per heavy atom. The molecule has 6 heteroatoms. The van der Waals surface area contributed by atoms with Gasteiger partial charge in [0.2, 0.25) is 0 Å². The molecule has 1 aromatic heterocycles. The van der Waals surface area contributed by atoms with E-state index in [1.54, 1.807) is 13.2 Å².